The quantitative estimate of drug-likeness (QED) is 0.765. The molecular formula is C15H30N2. The van der Waals surface area contributed by atoms with Gasteiger partial charge in [-0.05, 0) is 70.6 Å². The molecule has 1 atom stereocenters. The Morgan fingerprint density at radius 2 is 1.94 bits per heavy atom. The van der Waals surface area contributed by atoms with E-state index in [9.17, 15) is 0 Å². The summed E-state index contributed by atoms with van der Waals surface area (Å²) in [5, 5.41) is 3.53. The molecule has 0 radical (unpaired) electrons. The Morgan fingerprint density at radius 1 is 1.12 bits per heavy atom. The first kappa shape index (κ1) is 13.4. The number of nitrogens with one attached hydrogen (secondary N) is 1. The summed E-state index contributed by atoms with van der Waals surface area (Å²) in [5.74, 6) is 0.964. The van der Waals surface area contributed by atoms with Gasteiger partial charge in [0.15, 0.2) is 0 Å². The number of piperidine rings is 1. The maximum absolute atomic E-state index is 3.53. The molecule has 2 fully saturated rings. The van der Waals surface area contributed by atoms with Gasteiger partial charge < -0.3 is 10.2 Å². The Balaban J connectivity index is 1.61. The maximum Gasteiger partial charge on any atom is 0.00951 e. The van der Waals surface area contributed by atoms with Crippen LogP contribution < -0.4 is 5.32 Å². The zero-order valence-electron chi connectivity index (χ0n) is 11.6. The third-order valence-corrected chi connectivity index (χ3v) is 4.70. The first-order valence-corrected chi connectivity index (χ1v) is 7.85. The number of hydrogen-bond acceptors (Lipinski definition) is 2. The average Bonchev–Trinajstić information content (AvgIpc) is 2.90. The summed E-state index contributed by atoms with van der Waals surface area (Å²) in [6.45, 7) is 7.46. The minimum absolute atomic E-state index is 0.921. The molecule has 1 unspecified atom stereocenters. The lowest BCUT2D eigenvalue weighted by atomic mass is 9.94. The number of nitrogens with zero attached hydrogens (tertiary/aromatic N) is 1. The van der Waals surface area contributed by atoms with Crippen molar-refractivity contribution in [2.75, 3.05) is 26.2 Å². The fourth-order valence-corrected chi connectivity index (χ4v) is 3.62. The predicted octanol–water partition coefficient (Wildman–Crippen LogP) is 3.03. The van der Waals surface area contributed by atoms with Crippen LogP contribution in [-0.2, 0) is 0 Å². The van der Waals surface area contributed by atoms with Crippen molar-refractivity contribution in [3.05, 3.63) is 0 Å². The van der Waals surface area contributed by atoms with Gasteiger partial charge in [-0.3, -0.25) is 0 Å². The van der Waals surface area contributed by atoms with Crippen molar-refractivity contribution in [3.8, 4) is 0 Å². The van der Waals surface area contributed by atoms with Crippen LogP contribution in [-0.4, -0.2) is 37.1 Å². The van der Waals surface area contributed by atoms with Crippen molar-refractivity contribution in [3.63, 3.8) is 0 Å². The van der Waals surface area contributed by atoms with Crippen molar-refractivity contribution < 1.29 is 0 Å². The van der Waals surface area contributed by atoms with Crippen molar-refractivity contribution >= 4 is 0 Å². The van der Waals surface area contributed by atoms with E-state index in [2.05, 4.69) is 17.1 Å². The lowest BCUT2D eigenvalue weighted by molar-refractivity contribution is 0.197. The van der Waals surface area contributed by atoms with Crippen LogP contribution in [0.2, 0.25) is 0 Å². The summed E-state index contributed by atoms with van der Waals surface area (Å²) in [4.78, 5) is 2.74. The van der Waals surface area contributed by atoms with E-state index < -0.39 is 0 Å². The first-order valence-electron chi connectivity index (χ1n) is 7.85. The molecule has 1 aliphatic carbocycles. The molecule has 0 bridgehead atoms. The molecule has 2 rings (SSSR count). The van der Waals surface area contributed by atoms with Crippen molar-refractivity contribution in [2.24, 2.45) is 5.92 Å². The van der Waals surface area contributed by atoms with Gasteiger partial charge in [-0.15, -0.1) is 0 Å². The zero-order chi connectivity index (χ0) is 11.9. The second-order valence-electron chi connectivity index (χ2n) is 5.92. The Labute approximate surface area is 107 Å². The molecule has 1 aliphatic heterocycles. The summed E-state index contributed by atoms with van der Waals surface area (Å²) in [5.41, 5.74) is 0. The molecular weight excluding hydrogens is 208 g/mol. The van der Waals surface area contributed by atoms with Crippen LogP contribution >= 0.6 is 0 Å². The highest BCUT2D eigenvalue weighted by atomic mass is 15.1. The molecule has 0 aromatic carbocycles. The molecule has 1 saturated carbocycles. The summed E-state index contributed by atoms with van der Waals surface area (Å²) >= 11 is 0. The fraction of sp³-hybridized carbons (Fsp3) is 1.00. The van der Waals surface area contributed by atoms with Crippen LogP contribution in [0.4, 0.5) is 0 Å². The summed E-state index contributed by atoms with van der Waals surface area (Å²) in [6.07, 6.45) is 11.6. The molecule has 1 saturated heterocycles. The van der Waals surface area contributed by atoms with Gasteiger partial charge in [0.1, 0.15) is 0 Å². The summed E-state index contributed by atoms with van der Waals surface area (Å²) in [7, 11) is 0. The van der Waals surface area contributed by atoms with Crippen LogP contribution in [0.3, 0.4) is 0 Å². The van der Waals surface area contributed by atoms with Crippen molar-refractivity contribution in [2.45, 2.75) is 64.3 Å². The zero-order valence-corrected chi connectivity index (χ0v) is 11.6. The van der Waals surface area contributed by atoms with Gasteiger partial charge in [-0.2, -0.15) is 0 Å². The van der Waals surface area contributed by atoms with E-state index in [1.54, 1.807) is 0 Å². The molecule has 1 N–H and O–H groups in total. The minimum atomic E-state index is 0.921. The van der Waals surface area contributed by atoms with Gasteiger partial charge in [0.2, 0.25) is 0 Å². The van der Waals surface area contributed by atoms with Gasteiger partial charge in [0.05, 0.1) is 0 Å². The maximum atomic E-state index is 3.53. The van der Waals surface area contributed by atoms with E-state index >= 15 is 0 Å². The molecule has 2 nitrogen and oxygen atoms in total. The smallest absolute Gasteiger partial charge is 0.00951 e. The largest absolute Gasteiger partial charge is 0.316 e. The molecule has 2 aliphatic rings. The van der Waals surface area contributed by atoms with E-state index in [1.807, 2.05) is 0 Å². The molecule has 17 heavy (non-hydrogen) atoms. The standard InChI is InChI=1S/C15H30N2/c1-2-17(15-9-3-4-10-15)12-6-8-14-7-5-11-16-13-14/h14-16H,2-13H2,1H3. The SMILES string of the molecule is CCN(CCCC1CCCNC1)C1CCCC1. The van der Waals surface area contributed by atoms with E-state index in [1.165, 1.54) is 77.5 Å². The average molecular weight is 238 g/mol. The molecule has 0 aromatic rings. The lowest BCUT2D eigenvalue weighted by Crippen LogP contribution is -2.35. The van der Waals surface area contributed by atoms with Crippen LogP contribution in [0.15, 0.2) is 0 Å². The van der Waals surface area contributed by atoms with Crippen LogP contribution in [0, 0.1) is 5.92 Å². The topological polar surface area (TPSA) is 15.3 Å². The van der Waals surface area contributed by atoms with Crippen LogP contribution in [0.25, 0.3) is 0 Å². The van der Waals surface area contributed by atoms with E-state index in [4.69, 9.17) is 0 Å². The third kappa shape index (κ3) is 4.26. The normalized spacial score (nSPS) is 26.8. The second kappa shape index (κ2) is 7.38. The van der Waals surface area contributed by atoms with Crippen LogP contribution in [0.1, 0.15) is 58.3 Å². The van der Waals surface area contributed by atoms with Crippen molar-refractivity contribution in [1.29, 1.82) is 0 Å². The predicted molar refractivity (Wildman–Crippen MR) is 74.3 cm³/mol. The number of hydrogen-bond donors (Lipinski definition) is 1. The first-order chi connectivity index (χ1) is 8.40. The Morgan fingerprint density at radius 3 is 2.59 bits per heavy atom. The molecule has 2 heteroatoms. The highest BCUT2D eigenvalue weighted by Crippen LogP contribution is 2.24. The van der Waals surface area contributed by atoms with Gasteiger partial charge in [0, 0.05) is 6.04 Å². The summed E-state index contributed by atoms with van der Waals surface area (Å²) < 4.78 is 0. The van der Waals surface area contributed by atoms with Gasteiger partial charge in [-0.1, -0.05) is 19.8 Å². The second-order valence-corrected chi connectivity index (χ2v) is 5.92. The monoisotopic (exact) mass is 238 g/mol. The molecule has 0 spiro atoms. The fourth-order valence-electron chi connectivity index (χ4n) is 3.62. The van der Waals surface area contributed by atoms with E-state index in [-0.39, 0.29) is 0 Å². The highest BCUT2D eigenvalue weighted by Gasteiger charge is 2.21. The Bertz CT molecular complexity index is 193. The van der Waals surface area contributed by atoms with Crippen LogP contribution in [0.5, 0.6) is 0 Å². The Kier molecular flexibility index (Phi) is 5.79. The third-order valence-electron chi connectivity index (χ3n) is 4.70. The molecule has 100 valence electrons. The lowest BCUT2D eigenvalue weighted by Gasteiger charge is -2.29. The van der Waals surface area contributed by atoms with E-state index in [0.29, 0.717) is 0 Å². The Hall–Kier alpha value is -0.0800. The highest BCUT2D eigenvalue weighted by molar-refractivity contribution is 4.77. The van der Waals surface area contributed by atoms with Gasteiger partial charge in [0.25, 0.3) is 0 Å². The van der Waals surface area contributed by atoms with Crippen molar-refractivity contribution in [1.82, 2.24) is 10.2 Å². The summed E-state index contributed by atoms with van der Waals surface area (Å²) in [6, 6.07) is 0.921. The number of rotatable bonds is 6. The molecule has 0 amide bonds. The van der Waals surface area contributed by atoms with Gasteiger partial charge >= 0.3 is 0 Å². The molecule has 0 aromatic heterocycles. The minimum Gasteiger partial charge on any atom is -0.316 e. The van der Waals surface area contributed by atoms with Gasteiger partial charge in [-0.25, -0.2) is 0 Å². The molecule has 1 heterocycles. The van der Waals surface area contributed by atoms with E-state index in [0.717, 1.165) is 12.0 Å².